The second kappa shape index (κ2) is 9.09. The zero-order valence-corrected chi connectivity index (χ0v) is 19.1. The maximum absolute atomic E-state index is 14.4. The monoisotopic (exact) mass is 460 g/mol. The molecule has 1 aliphatic carbocycles. The first-order valence-corrected chi connectivity index (χ1v) is 11.4. The first-order valence-electron chi connectivity index (χ1n) is 11.4. The number of fused-ring (bicyclic) bond motifs is 1. The average molecular weight is 461 g/mol. The number of halogens is 1. The highest BCUT2D eigenvalue weighted by Crippen LogP contribution is 2.37. The largest absolute Gasteiger partial charge is 0.473 e. The molecule has 4 aromatic rings. The van der Waals surface area contributed by atoms with E-state index in [0.29, 0.717) is 0 Å². The van der Waals surface area contributed by atoms with E-state index in [4.69, 9.17) is 16.4 Å². The summed E-state index contributed by atoms with van der Waals surface area (Å²) in [7, 11) is 1.89. The molecule has 1 fully saturated rings. The number of hydrogen-bond acceptors (Lipinski definition) is 6. The predicted molar refractivity (Wildman–Crippen MR) is 126 cm³/mol. The van der Waals surface area contributed by atoms with Crippen molar-refractivity contribution >= 4 is 22.4 Å². The lowest BCUT2D eigenvalue weighted by Crippen LogP contribution is -2.26. The Morgan fingerprint density at radius 1 is 1.24 bits per heavy atom. The van der Waals surface area contributed by atoms with E-state index in [-0.39, 0.29) is 23.7 Å². The van der Waals surface area contributed by atoms with E-state index in [0.717, 1.165) is 60.2 Å². The second-order valence-corrected chi connectivity index (χ2v) is 8.42. The molecule has 0 saturated heterocycles. The summed E-state index contributed by atoms with van der Waals surface area (Å²) >= 11 is 0. The maximum atomic E-state index is 14.4. The molecule has 174 valence electrons. The molecule has 10 heteroatoms. The van der Waals surface area contributed by atoms with Crippen LogP contribution in [0.3, 0.4) is 0 Å². The maximum Gasteiger partial charge on any atom is 0.239 e. The van der Waals surface area contributed by atoms with Crippen molar-refractivity contribution < 1.29 is 9.13 Å². The van der Waals surface area contributed by atoms with Crippen LogP contribution in [0.2, 0.25) is 0 Å². The minimum absolute atomic E-state index is 0.0743. The lowest BCUT2D eigenvalue weighted by molar-refractivity contribution is 0.121. The Morgan fingerprint density at radius 3 is 2.76 bits per heavy atom. The van der Waals surface area contributed by atoms with Gasteiger partial charge in [-0.05, 0) is 38.7 Å². The zero-order valence-electron chi connectivity index (χ0n) is 19.1. The number of nitrogens with zero attached hydrogens (tertiary/aromatic N) is 7. The molecule has 0 amide bonds. The van der Waals surface area contributed by atoms with Crippen LogP contribution in [-0.4, -0.2) is 42.2 Å². The Kier molecular flexibility index (Phi) is 5.84. The van der Waals surface area contributed by atoms with Crippen molar-refractivity contribution in [3.05, 3.63) is 54.2 Å². The quantitative estimate of drug-likeness (QED) is 0.412. The minimum atomic E-state index is -0.692. The molecule has 0 aromatic carbocycles. The number of hydrogen-bond donors (Lipinski definition) is 1. The lowest BCUT2D eigenvalue weighted by atomic mass is 9.93. The fourth-order valence-electron chi connectivity index (χ4n) is 4.49. The summed E-state index contributed by atoms with van der Waals surface area (Å²) in [5.74, 6) is 0.0242. The molecule has 5 rings (SSSR count). The van der Waals surface area contributed by atoms with Gasteiger partial charge >= 0.3 is 0 Å². The lowest BCUT2D eigenvalue weighted by Gasteiger charge is -2.29. The number of pyridine rings is 2. The summed E-state index contributed by atoms with van der Waals surface area (Å²) in [6.07, 6.45) is 10.0. The van der Waals surface area contributed by atoms with Crippen molar-refractivity contribution in [2.75, 3.05) is 11.9 Å². The van der Waals surface area contributed by atoms with Crippen LogP contribution in [0.15, 0.2) is 36.9 Å². The summed E-state index contributed by atoms with van der Waals surface area (Å²) in [5, 5.41) is 13.6. The average Bonchev–Trinajstić information content (AvgIpc) is 3.44. The second-order valence-electron chi connectivity index (χ2n) is 8.42. The molecule has 0 unspecified atom stereocenters. The van der Waals surface area contributed by atoms with Crippen LogP contribution in [0.4, 0.5) is 15.9 Å². The number of rotatable bonds is 6. The van der Waals surface area contributed by atoms with Crippen LogP contribution in [-0.2, 0) is 7.05 Å². The molecular formula is C24H25FN8O. The van der Waals surface area contributed by atoms with E-state index >= 15 is 0 Å². The third-order valence-electron chi connectivity index (χ3n) is 6.15. The molecule has 0 spiro atoms. The number of aromatic nitrogens is 6. The highest BCUT2D eigenvalue weighted by atomic mass is 19.1. The van der Waals surface area contributed by atoms with Gasteiger partial charge < -0.3 is 10.1 Å². The SMILES string of the molecule is [C-]#[N+]c1ccnc(OC2CCC(n3nc(-c4cnn(C)c4)c4cnc(NCC)cc43)CC2)c1F. The van der Waals surface area contributed by atoms with E-state index < -0.39 is 5.82 Å². The highest BCUT2D eigenvalue weighted by Gasteiger charge is 2.28. The molecule has 9 nitrogen and oxygen atoms in total. The molecule has 0 radical (unpaired) electrons. The number of anilines is 1. The van der Waals surface area contributed by atoms with Gasteiger partial charge in [-0.2, -0.15) is 10.2 Å². The summed E-state index contributed by atoms with van der Waals surface area (Å²) in [4.78, 5) is 11.7. The molecule has 4 aromatic heterocycles. The molecule has 1 aliphatic rings. The van der Waals surface area contributed by atoms with Crippen molar-refractivity contribution in [1.82, 2.24) is 29.5 Å². The van der Waals surface area contributed by atoms with Gasteiger partial charge in [-0.1, -0.05) is 0 Å². The predicted octanol–water partition coefficient (Wildman–Crippen LogP) is 4.91. The third kappa shape index (κ3) is 4.05. The normalized spacial score (nSPS) is 18.1. The van der Waals surface area contributed by atoms with Crippen molar-refractivity contribution in [3.63, 3.8) is 0 Å². The molecule has 0 aliphatic heterocycles. The van der Waals surface area contributed by atoms with Crippen LogP contribution in [0.5, 0.6) is 5.88 Å². The van der Waals surface area contributed by atoms with E-state index in [2.05, 4.69) is 29.9 Å². The first kappa shape index (κ1) is 21.8. The zero-order chi connectivity index (χ0) is 23.7. The van der Waals surface area contributed by atoms with Crippen LogP contribution >= 0.6 is 0 Å². The molecule has 34 heavy (non-hydrogen) atoms. The fraction of sp³-hybridized carbons (Fsp3) is 0.375. The molecule has 0 atom stereocenters. The molecule has 0 bridgehead atoms. The summed E-state index contributed by atoms with van der Waals surface area (Å²) < 4.78 is 24.1. The fourth-order valence-corrected chi connectivity index (χ4v) is 4.49. The van der Waals surface area contributed by atoms with Crippen LogP contribution in [0.25, 0.3) is 27.0 Å². The van der Waals surface area contributed by atoms with Gasteiger partial charge in [-0.3, -0.25) is 9.36 Å². The number of ether oxygens (including phenoxy) is 1. The summed E-state index contributed by atoms with van der Waals surface area (Å²) in [6, 6.07) is 3.58. The first-order chi connectivity index (χ1) is 16.6. The van der Waals surface area contributed by atoms with E-state index in [1.807, 2.05) is 38.6 Å². The van der Waals surface area contributed by atoms with Gasteiger partial charge in [0, 0.05) is 49.2 Å². The van der Waals surface area contributed by atoms with Crippen molar-refractivity contribution in [2.24, 2.45) is 7.05 Å². The number of aryl methyl sites for hydroxylation is 1. The Morgan fingerprint density at radius 2 is 2.06 bits per heavy atom. The van der Waals surface area contributed by atoms with Crippen LogP contribution in [0.1, 0.15) is 38.6 Å². The van der Waals surface area contributed by atoms with Gasteiger partial charge in [-0.15, -0.1) is 0 Å². The minimum Gasteiger partial charge on any atom is -0.473 e. The molecular weight excluding hydrogens is 435 g/mol. The van der Waals surface area contributed by atoms with Gasteiger partial charge in [0.2, 0.25) is 11.6 Å². The van der Waals surface area contributed by atoms with Gasteiger partial charge in [0.1, 0.15) is 17.6 Å². The van der Waals surface area contributed by atoms with Gasteiger partial charge in [0.15, 0.2) is 5.82 Å². The summed E-state index contributed by atoms with van der Waals surface area (Å²) in [6.45, 7) is 9.89. The van der Waals surface area contributed by atoms with Crippen molar-refractivity contribution in [2.45, 2.75) is 44.8 Å². The molecule has 1 N–H and O–H groups in total. The van der Waals surface area contributed by atoms with Gasteiger partial charge in [0.05, 0.1) is 24.3 Å². The Hall–Kier alpha value is -4.00. The van der Waals surface area contributed by atoms with E-state index in [1.165, 1.54) is 12.3 Å². The molecule has 4 heterocycles. The van der Waals surface area contributed by atoms with Crippen molar-refractivity contribution in [1.29, 1.82) is 0 Å². The van der Waals surface area contributed by atoms with Gasteiger partial charge in [-0.25, -0.2) is 19.2 Å². The Labute approximate surface area is 196 Å². The smallest absolute Gasteiger partial charge is 0.239 e. The van der Waals surface area contributed by atoms with Gasteiger partial charge in [0.25, 0.3) is 0 Å². The summed E-state index contributed by atoms with van der Waals surface area (Å²) in [5.41, 5.74) is 2.75. The Bertz CT molecular complexity index is 1360. The van der Waals surface area contributed by atoms with Crippen LogP contribution < -0.4 is 10.1 Å². The third-order valence-corrected chi connectivity index (χ3v) is 6.15. The van der Waals surface area contributed by atoms with E-state index in [9.17, 15) is 4.39 Å². The van der Waals surface area contributed by atoms with Crippen molar-refractivity contribution in [3.8, 4) is 17.1 Å². The molecule has 1 saturated carbocycles. The standard InChI is InChI=1S/C24H25FN8O/c1-4-27-21-11-20-18(13-29-21)23(15-12-30-32(3)14-15)31-33(20)16-5-7-17(8-6-16)34-24-22(25)19(26-2)9-10-28-24/h9-14,16-17H,4-8H2,1,3H3,(H,27,29). The Balaban J connectivity index is 1.40. The van der Waals surface area contributed by atoms with Crippen LogP contribution in [0, 0.1) is 12.4 Å². The topological polar surface area (TPSA) is 87.0 Å². The van der Waals surface area contributed by atoms with E-state index in [1.54, 1.807) is 4.68 Å². The number of nitrogens with one attached hydrogen (secondary N) is 1. The highest BCUT2D eigenvalue weighted by molar-refractivity contribution is 5.93.